The van der Waals surface area contributed by atoms with E-state index in [2.05, 4.69) is 50.5 Å². The van der Waals surface area contributed by atoms with E-state index in [1.165, 1.54) is 16.8 Å². The smallest absolute Gasteiger partial charge is 0.282 e. The Morgan fingerprint density at radius 2 is 1.94 bits per heavy atom. The molecular formula is C26H22BrFIN3O2. The van der Waals surface area contributed by atoms with E-state index in [0.29, 0.717) is 23.3 Å². The molecule has 0 bridgehead atoms. The molecule has 0 saturated carbocycles. The molecule has 1 heterocycles. The van der Waals surface area contributed by atoms with E-state index in [4.69, 9.17) is 9.72 Å². The molecule has 1 aromatic heterocycles. The topological polar surface area (TPSA) is 56.5 Å². The van der Waals surface area contributed by atoms with Crippen molar-refractivity contribution >= 4 is 55.6 Å². The van der Waals surface area contributed by atoms with E-state index in [0.717, 1.165) is 31.3 Å². The summed E-state index contributed by atoms with van der Waals surface area (Å²) in [7, 11) is 0. The van der Waals surface area contributed by atoms with Crippen molar-refractivity contribution in [3.63, 3.8) is 0 Å². The second-order valence-electron chi connectivity index (χ2n) is 7.91. The Labute approximate surface area is 219 Å². The fraction of sp³-hybridized carbons (Fsp3) is 0.192. The first kappa shape index (κ1) is 24.5. The van der Waals surface area contributed by atoms with Crippen LogP contribution in [0.15, 0.2) is 75.0 Å². The van der Waals surface area contributed by atoms with Crippen molar-refractivity contribution in [3.05, 3.63) is 102 Å². The number of halogens is 3. The van der Waals surface area contributed by atoms with E-state index in [1.807, 2.05) is 37.3 Å². The van der Waals surface area contributed by atoms with Gasteiger partial charge in [0.2, 0.25) is 0 Å². The highest BCUT2D eigenvalue weighted by atomic mass is 127. The second kappa shape index (κ2) is 10.8. The Kier molecular flexibility index (Phi) is 7.77. The molecule has 3 aromatic carbocycles. The highest BCUT2D eigenvalue weighted by molar-refractivity contribution is 14.1. The highest BCUT2D eigenvalue weighted by Crippen LogP contribution is 2.24. The first-order chi connectivity index (χ1) is 16.4. The molecule has 1 atom stereocenters. The summed E-state index contributed by atoms with van der Waals surface area (Å²) < 4.78 is 22.1. The van der Waals surface area contributed by atoms with Gasteiger partial charge in [0.25, 0.3) is 5.56 Å². The van der Waals surface area contributed by atoms with Crippen molar-refractivity contribution in [2.45, 2.75) is 32.8 Å². The molecule has 0 radical (unpaired) electrons. The lowest BCUT2D eigenvalue weighted by atomic mass is 10.1. The quantitative estimate of drug-likeness (QED) is 0.165. The Morgan fingerprint density at radius 3 is 2.65 bits per heavy atom. The van der Waals surface area contributed by atoms with Crippen LogP contribution in [0.1, 0.15) is 43.1 Å². The zero-order valence-corrected chi connectivity index (χ0v) is 22.4. The van der Waals surface area contributed by atoms with Gasteiger partial charge in [0.05, 0.1) is 20.7 Å². The minimum atomic E-state index is -0.271. The second-order valence-corrected chi connectivity index (χ2v) is 9.99. The Balaban J connectivity index is 1.62. The van der Waals surface area contributed by atoms with Crippen LogP contribution in [-0.2, 0) is 6.61 Å². The number of hydrogen-bond acceptors (Lipinski definition) is 4. The van der Waals surface area contributed by atoms with Crippen LogP contribution in [0, 0.1) is 9.39 Å². The van der Waals surface area contributed by atoms with Crippen molar-refractivity contribution in [2.24, 2.45) is 5.10 Å². The maximum atomic E-state index is 13.2. The molecule has 0 aliphatic carbocycles. The summed E-state index contributed by atoms with van der Waals surface area (Å²) in [6.07, 6.45) is 2.49. The van der Waals surface area contributed by atoms with Gasteiger partial charge in [-0.1, -0.05) is 41.9 Å². The summed E-state index contributed by atoms with van der Waals surface area (Å²) in [6.45, 7) is 4.44. The summed E-state index contributed by atoms with van der Waals surface area (Å²) in [4.78, 5) is 18.0. The van der Waals surface area contributed by atoms with Crippen molar-refractivity contribution in [1.82, 2.24) is 9.66 Å². The molecule has 0 aliphatic rings. The number of fused-ring (bicyclic) bond motifs is 1. The van der Waals surface area contributed by atoms with Crippen molar-refractivity contribution in [2.75, 3.05) is 0 Å². The van der Waals surface area contributed by atoms with Crippen LogP contribution in [0.2, 0.25) is 0 Å². The maximum absolute atomic E-state index is 13.2. The van der Waals surface area contributed by atoms with E-state index in [9.17, 15) is 9.18 Å². The summed E-state index contributed by atoms with van der Waals surface area (Å²) in [6, 6.07) is 17.4. The van der Waals surface area contributed by atoms with Gasteiger partial charge in [0, 0.05) is 10.4 Å². The molecule has 0 N–H and O–H groups in total. The Hall–Kier alpha value is -2.59. The van der Waals surface area contributed by atoms with E-state index in [1.54, 1.807) is 24.4 Å². The molecule has 0 unspecified atom stereocenters. The van der Waals surface area contributed by atoms with Crippen LogP contribution in [-0.4, -0.2) is 15.9 Å². The van der Waals surface area contributed by atoms with Gasteiger partial charge in [-0.05, 0) is 88.7 Å². The van der Waals surface area contributed by atoms with Crippen LogP contribution in [0.5, 0.6) is 5.75 Å². The van der Waals surface area contributed by atoms with Crippen LogP contribution in [0.4, 0.5) is 4.39 Å². The highest BCUT2D eigenvalue weighted by Gasteiger charge is 2.15. The van der Waals surface area contributed by atoms with Gasteiger partial charge in [-0.2, -0.15) is 9.78 Å². The number of nitrogens with zero attached hydrogens (tertiary/aromatic N) is 3. The monoisotopic (exact) mass is 633 g/mol. The fourth-order valence-electron chi connectivity index (χ4n) is 3.36. The predicted molar refractivity (Wildman–Crippen MR) is 145 cm³/mol. The van der Waals surface area contributed by atoms with Crippen LogP contribution >= 0.6 is 38.5 Å². The number of rotatable bonds is 7. The predicted octanol–water partition coefficient (Wildman–Crippen LogP) is 6.88. The van der Waals surface area contributed by atoms with E-state index >= 15 is 0 Å². The summed E-state index contributed by atoms with van der Waals surface area (Å²) >= 11 is 5.63. The van der Waals surface area contributed by atoms with Crippen molar-refractivity contribution in [1.29, 1.82) is 0 Å². The SMILES string of the molecule is CC[C@H](C)c1nc2ccc(Br)cc2c(=O)n1N=Cc1ccc(OCc2ccc(F)cc2)c(I)c1. The molecule has 5 nitrogen and oxygen atoms in total. The molecule has 34 heavy (non-hydrogen) atoms. The largest absolute Gasteiger partial charge is 0.488 e. The Morgan fingerprint density at radius 1 is 1.18 bits per heavy atom. The van der Waals surface area contributed by atoms with Gasteiger partial charge in [-0.25, -0.2) is 9.37 Å². The van der Waals surface area contributed by atoms with Crippen LogP contribution in [0.25, 0.3) is 10.9 Å². The van der Waals surface area contributed by atoms with Gasteiger partial charge in [0.1, 0.15) is 24.0 Å². The average molecular weight is 634 g/mol. The number of hydrogen-bond donors (Lipinski definition) is 0. The number of benzene rings is 3. The normalized spacial score (nSPS) is 12.4. The first-order valence-corrected chi connectivity index (χ1v) is 12.7. The Bertz CT molecular complexity index is 1420. The molecule has 0 fully saturated rings. The summed E-state index contributed by atoms with van der Waals surface area (Å²) in [5.74, 6) is 1.15. The number of ether oxygens (including phenoxy) is 1. The molecule has 4 aromatic rings. The summed E-state index contributed by atoms with van der Waals surface area (Å²) in [5, 5.41) is 5.03. The van der Waals surface area contributed by atoms with E-state index in [-0.39, 0.29) is 17.3 Å². The van der Waals surface area contributed by atoms with Gasteiger partial charge < -0.3 is 4.74 Å². The fourth-order valence-corrected chi connectivity index (χ4v) is 4.42. The zero-order valence-electron chi connectivity index (χ0n) is 18.6. The number of aromatic nitrogens is 2. The van der Waals surface area contributed by atoms with Gasteiger partial charge in [-0.15, -0.1) is 0 Å². The average Bonchev–Trinajstić information content (AvgIpc) is 2.83. The lowest BCUT2D eigenvalue weighted by Gasteiger charge is -2.14. The standard InChI is InChI=1S/C26H22BrFIN3O2/c1-3-16(2)25-31-23-10-7-19(27)13-21(23)26(33)32(25)30-14-18-6-11-24(22(29)12-18)34-15-17-4-8-20(28)9-5-17/h4-14,16H,3,15H2,1-2H3/t16-/m0/s1. The third-order valence-corrected chi connectivity index (χ3v) is 6.81. The zero-order chi connectivity index (χ0) is 24.2. The third kappa shape index (κ3) is 5.55. The molecule has 8 heteroatoms. The molecule has 0 amide bonds. The molecular weight excluding hydrogens is 612 g/mol. The summed E-state index contributed by atoms with van der Waals surface area (Å²) in [5.41, 5.74) is 2.17. The van der Waals surface area contributed by atoms with Crippen molar-refractivity contribution < 1.29 is 9.13 Å². The first-order valence-electron chi connectivity index (χ1n) is 10.8. The molecule has 0 spiro atoms. The maximum Gasteiger partial charge on any atom is 0.282 e. The lowest BCUT2D eigenvalue weighted by Crippen LogP contribution is -2.23. The van der Waals surface area contributed by atoms with Crippen molar-refractivity contribution in [3.8, 4) is 5.75 Å². The molecule has 174 valence electrons. The van der Waals surface area contributed by atoms with Crippen LogP contribution in [0.3, 0.4) is 0 Å². The molecule has 0 saturated heterocycles. The lowest BCUT2D eigenvalue weighted by molar-refractivity contribution is 0.304. The van der Waals surface area contributed by atoms with Crippen LogP contribution < -0.4 is 10.3 Å². The van der Waals surface area contributed by atoms with Gasteiger partial charge in [-0.3, -0.25) is 4.79 Å². The molecule has 0 aliphatic heterocycles. The minimum Gasteiger partial charge on any atom is -0.488 e. The third-order valence-electron chi connectivity index (χ3n) is 5.47. The van der Waals surface area contributed by atoms with Gasteiger partial charge >= 0.3 is 0 Å². The van der Waals surface area contributed by atoms with E-state index < -0.39 is 0 Å². The molecule has 4 rings (SSSR count). The van der Waals surface area contributed by atoms with Gasteiger partial charge in [0.15, 0.2) is 0 Å². The minimum absolute atomic E-state index is 0.0697.